The smallest absolute Gasteiger partial charge is 0.172 e. The van der Waals surface area contributed by atoms with E-state index in [-0.39, 0.29) is 12.3 Å². The van der Waals surface area contributed by atoms with Crippen LogP contribution in [0.25, 0.3) is 5.69 Å². The van der Waals surface area contributed by atoms with Gasteiger partial charge in [0.1, 0.15) is 18.1 Å². The quantitative estimate of drug-likeness (QED) is 0.678. The third-order valence-electron chi connectivity index (χ3n) is 3.09. The minimum atomic E-state index is 0.188. The molecule has 1 heterocycles. The van der Waals surface area contributed by atoms with Crippen molar-refractivity contribution in [3.05, 3.63) is 71.0 Å². The van der Waals surface area contributed by atoms with Gasteiger partial charge in [-0.05, 0) is 36.4 Å². The molecule has 0 spiro atoms. The third-order valence-corrected chi connectivity index (χ3v) is 3.35. The van der Waals surface area contributed by atoms with Gasteiger partial charge in [-0.15, -0.1) is 5.10 Å². The molecule has 0 amide bonds. The van der Waals surface area contributed by atoms with E-state index < -0.39 is 0 Å². The van der Waals surface area contributed by atoms with Crippen LogP contribution in [-0.2, 0) is 6.61 Å². The molecule has 0 saturated carbocycles. The van der Waals surface area contributed by atoms with Crippen LogP contribution in [0.2, 0.25) is 5.02 Å². The van der Waals surface area contributed by atoms with Crippen molar-refractivity contribution in [1.29, 1.82) is 0 Å². The molecule has 0 atom stereocenters. The number of aldehydes is 1. The Morgan fingerprint density at radius 1 is 1.09 bits per heavy atom. The van der Waals surface area contributed by atoms with Crippen molar-refractivity contribution in [1.82, 2.24) is 15.0 Å². The van der Waals surface area contributed by atoms with Crippen molar-refractivity contribution in [2.45, 2.75) is 6.61 Å². The Morgan fingerprint density at radius 2 is 1.82 bits per heavy atom. The Hall–Kier alpha value is -2.66. The molecule has 0 bridgehead atoms. The number of aromatic nitrogens is 3. The molecule has 0 aliphatic heterocycles. The maximum atomic E-state index is 11.1. The summed E-state index contributed by atoms with van der Waals surface area (Å²) >= 11 is 5.89. The molecule has 2 aromatic carbocycles. The lowest BCUT2D eigenvalue weighted by Gasteiger charge is -2.09. The topological polar surface area (TPSA) is 57.0 Å². The molecule has 0 saturated heterocycles. The minimum Gasteiger partial charge on any atom is -0.487 e. The second-order valence-electron chi connectivity index (χ2n) is 4.53. The van der Waals surface area contributed by atoms with Gasteiger partial charge in [0, 0.05) is 5.02 Å². The first-order valence-corrected chi connectivity index (χ1v) is 6.99. The molecule has 3 aromatic rings. The zero-order chi connectivity index (χ0) is 15.4. The van der Waals surface area contributed by atoms with Crippen molar-refractivity contribution in [3.63, 3.8) is 0 Å². The molecule has 0 aliphatic carbocycles. The molecular formula is C16H12ClN3O2. The van der Waals surface area contributed by atoms with Crippen LogP contribution >= 0.6 is 11.6 Å². The summed E-state index contributed by atoms with van der Waals surface area (Å²) in [5.74, 6) is 0.711. The van der Waals surface area contributed by atoms with Crippen LogP contribution in [0.15, 0.2) is 54.6 Å². The minimum absolute atomic E-state index is 0.188. The Bertz CT molecular complexity index is 770. The lowest BCUT2D eigenvalue weighted by molar-refractivity contribution is 0.111. The van der Waals surface area contributed by atoms with Crippen molar-refractivity contribution >= 4 is 17.9 Å². The highest BCUT2D eigenvalue weighted by Crippen LogP contribution is 2.18. The van der Waals surface area contributed by atoms with Crippen LogP contribution in [0, 0.1) is 0 Å². The van der Waals surface area contributed by atoms with Crippen LogP contribution < -0.4 is 4.74 Å². The van der Waals surface area contributed by atoms with Gasteiger partial charge in [-0.2, -0.15) is 0 Å². The van der Waals surface area contributed by atoms with Gasteiger partial charge in [-0.3, -0.25) is 4.79 Å². The van der Waals surface area contributed by atoms with Gasteiger partial charge >= 0.3 is 0 Å². The van der Waals surface area contributed by atoms with Crippen molar-refractivity contribution < 1.29 is 9.53 Å². The summed E-state index contributed by atoms with van der Waals surface area (Å²) in [5, 5.41) is 8.52. The third kappa shape index (κ3) is 2.99. The Balaban J connectivity index is 1.90. The van der Waals surface area contributed by atoms with Gasteiger partial charge in [0.05, 0.1) is 5.69 Å². The van der Waals surface area contributed by atoms with Gasteiger partial charge < -0.3 is 4.74 Å². The molecule has 6 heteroatoms. The van der Waals surface area contributed by atoms with Crippen LogP contribution in [-0.4, -0.2) is 21.3 Å². The molecule has 1 aromatic heterocycles. The van der Waals surface area contributed by atoms with Crippen LogP contribution in [0.5, 0.6) is 5.75 Å². The second-order valence-corrected chi connectivity index (χ2v) is 4.97. The fourth-order valence-corrected chi connectivity index (χ4v) is 2.12. The lowest BCUT2D eigenvalue weighted by Crippen LogP contribution is -2.07. The lowest BCUT2D eigenvalue weighted by atomic mass is 10.3. The summed E-state index contributed by atoms with van der Waals surface area (Å²) in [7, 11) is 0. The van der Waals surface area contributed by atoms with Crippen molar-refractivity contribution in [2.75, 3.05) is 0 Å². The molecule has 0 aliphatic rings. The average molecular weight is 314 g/mol. The maximum Gasteiger partial charge on any atom is 0.172 e. The SMILES string of the molecule is O=Cc1nnn(-c2ccc(Cl)cc2)c1COc1ccccc1. The van der Waals surface area contributed by atoms with E-state index in [1.165, 1.54) is 0 Å². The van der Waals surface area contributed by atoms with E-state index in [0.29, 0.717) is 22.8 Å². The summed E-state index contributed by atoms with van der Waals surface area (Å²) < 4.78 is 7.27. The van der Waals surface area contributed by atoms with Gasteiger partial charge in [0.25, 0.3) is 0 Å². The molecule has 0 unspecified atom stereocenters. The first kappa shape index (κ1) is 14.3. The molecule has 3 rings (SSSR count). The standard InChI is InChI=1S/C16H12ClN3O2/c17-12-6-8-13(9-7-12)20-16(15(10-21)18-19-20)11-22-14-4-2-1-3-5-14/h1-10H,11H2. The largest absolute Gasteiger partial charge is 0.487 e. The van der Waals surface area contributed by atoms with E-state index in [1.54, 1.807) is 28.9 Å². The summed E-state index contributed by atoms with van der Waals surface area (Å²) in [6.45, 7) is 0.188. The molecule has 0 radical (unpaired) electrons. The number of benzene rings is 2. The zero-order valence-electron chi connectivity index (χ0n) is 11.5. The summed E-state index contributed by atoms with van der Waals surface area (Å²) in [4.78, 5) is 11.1. The highest BCUT2D eigenvalue weighted by Gasteiger charge is 2.14. The highest BCUT2D eigenvalue weighted by atomic mass is 35.5. The van der Waals surface area contributed by atoms with Crippen LogP contribution in [0.4, 0.5) is 0 Å². The van der Waals surface area contributed by atoms with E-state index >= 15 is 0 Å². The molecule has 110 valence electrons. The fraction of sp³-hybridized carbons (Fsp3) is 0.0625. The molecule has 22 heavy (non-hydrogen) atoms. The van der Waals surface area contributed by atoms with Gasteiger partial charge in [0.2, 0.25) is 0 Å². The first-order valence-electron chi connectivity index (χ1n) is 6.61. The molecule has 0 fully saturated rings. The monoisotopic (exact) mass is 313 g/mol. The Labute approximate surface area is 132 Å². The number of para-hydroxylation sites is 1. The number of nitrogens with zero attached hydrogens (tertiary/aromatic N) is 3. The fourth-order valence-electron chi connectivity index (χ4n) is 2.00. The first-order chi connectivity index (χ1) is 10.8. The van der Waals surface area contributed by atoms with E-state index in [2.05, 4.69) is 10.3 Å². The van der Waals surface area contributed by atoms with E-state index in [1.807, 2.05) is 30.3 Å². The number of carbonyl (C=O) groups is 1. The van der Waals surface area contributed by atoms with Gasteiger partial charge in [-0.1, -0.05) is 35.0 Å². The highest BCUT2D eigenvalue weighted by molar-refractivity contribution is 6.30. The predicted octanol–water partition coefficient (Wildman–Crippen LogP) is 3.31. The number of carbonyl (C=O) groups excluding carboxylic acids is 1. The number of hydrogen-bond acceptors (Lipinski definition) is 4. The summed E-state index contributed by atoms with van der Waals surface area (Å²) in [6, 6.07) is 16.5. The molecular weight excluding hydrogens is 302 g/mol. The Kier molecular flexibility index (Phi) is 4.16. The number of rotatable bonds is 5. The van der Waals surface area contributed by atoms with Crippen molar-refractivity contribution in [3.8, 4) is 11.4 Å². The van der Waals surface area contributed by atoms with Crippen molar-refractivity contribution in [2.24, 2.45) is 0 Å². The number of halogens is 1. The predicted molar refractivity (Wildman–Crippen MR) is 82.5 cm³/mol. The number of ether oxygens (including phenoxy) is 1. The van der Waals surface area contributed by atoms with E-state index in [4.69, 9.17) is 16.3 Å². The molecule has 5 nitrogen and oxygen atoms in total. The van der Waals surface area contributed by atoms with Crippen LogP contribution in [0.1, 0.15) is 16.2 Å². The van der Waals surface area contributed by atoms with E-state index in [0.717, 1.165) is 5.69 Å². The van der Waals surface area contributed by atoms with Gasteiger partial charge in [0.15, 0.2) is 12.0 Å². The second kappa shape index (κ2) is 6.41. The normalized spacial score (nSPS) is 10.4. The van der Waals surface area contributed by atoms with Gasteiger partial charge in [-0.25, -0.2) is 4.68 Å². The van der Waals surface area contributed by atoms with E-state index in [9.17, 15) is 4.79 Å². The summed E-state index contributed by atoms with van der Waals surface area (Å²) in [5.41, 5.74) is 1.60. The maximum absolute atomic E-state index is 11.1. The number of hydrogen-bond donors (Lipinski definition) is 0. The Morgan fingerprint density at radius 3 is 2.50 bits per heavy atom. The average Bonchev–Trinajstić information content (AvgIpc) is 2.97. The molecule has 0 N–H and O–H groups in total. The summed E-state index contributed by atoms with van der Waals surface area (Å²) in [6.07, 6.45) is 0.670. The van der Waals surface area contributed by atoms with Crippen LogP contribution in [0.3, 0.4) is 0 Å². The zero-order valence-corrected chi connectivity index (χ0v) is 12.3.